The summed E-state index contributed by atoms with van der Waals surface area (Å²) in [5.74, 6) is 0.232. The molecule has 1 aromatic heterocycles. The molecular weight excluding hydrogens is 514 g/mol. The highest BCUT2D eigenvalue weighted by Crippen LogP contribution is 2.36. The van der Waals surface area contributed by atoms with E-state index >= 15 is 0 Å². The molecule has 8 nitrogen and oxygen atoms in total. The normalized spacial score (nSPS) is 17.8. The molecule has 1 fully saturated rings. The molecule has 8 heteroatoms. The summed E-state index contributed by atoms with van der Waals surface area (Å²) in [6, 6.07) is 7.76. The zero-order chi connectivity index (χ0) is 29.7. The Kier molecular flexibility index (Phi) is 9.95. The Morgan fingerprint density at radius 2 is 1.73 bits per heavy atom. The summed E-state index contributed by atoms with van der Waals surface area (Å²) >= 11 is 0. The van der Waals surface area contributed by atoms with Gasteiger partial charge in [0.15, 0.2) is 5.78 Å². The smallest absolute Gasteiger partial charge is 0.268 e. The van der Waals surface area contributed by atoms with Crippen molar-refractivity contribution >= 4 is 23.3 Å². The van der Waals surface area contributed by atoms with Crippen molar-refractivity contribution in [2.75, 3.05) is 37.6 Å². The van der Waals surface area contributed by atoms with Gasteiger partial charge in [0.2, 0.25) is 5.91 Å². The number of carbonyl (C=O) groups excluding carboxylic acids is 3. The van der Waals surface area contributed by atoms with Crippen molar-refractivity contribution in [1.82, 2.24) is 20.5 Å². The Hall–Kier alpha value is -3.13. The lowest BCUT2D eigenvalue weighted by Crippen LogP contribution is -2.47. The molecule has 0 spiro atoms. The van der Waals surface area contributed by atoms with Crippen LogP contribution in [0.1, 0.15) is 98.0 Å². The predicted octanol–water partition coefficient (Wildman–Crippen LogP) is 4.86. The van der Waals surface area contributed by atoms with Gasteiger partial charge >= 0.3 is 0 Å². The standard InChI is InChI=1S/C33H49N5O3/c1-7-8-9-26(36-32(41)30-23(4)29-27(35-30)18-33(5,6)19-28(29)39)31(40)34-20-24-10-12-25(13-11-24)38-16-14-37(15-17-38)21-22(2)3/h10-13,22,26,35H,7-9,14-21H2,1-6H3,(H,34,40)(H,36,41). The lowest BCUT2D eigenvalue weighted by molar-refractivity contribution is -0.123. The molecule has 2 aromatic rings. The van der Waals surface area contributed by atoms with Gasteiger partial charge in [0.05, 0.1) is 0 Å². The number of Topliss-reactive ketones (excluding diaryl/α,β-unsaturated/α-hetero) is 1. The van der Waals surface area contributed by atoms with E-state index in [0.29, 0.717) is 42.1 Å². The molecule has 2 heterocycles. The number of anilines is 1. The van der Waals surface area contributed by atoms with Crippen LogP contribution in [0.25, 0.3) is 0 Å². The number of aromatic nitrogens is 1. The average Bonchev–Trinajstić information content (AvgIpc) is 3.25. The SMILES string of the molecule is CCCCC(NC(=O)c1[nH]c2c(c1C)C(=O)CC(C)(C)C2)C(=O)NCc1ccc(N2CCN(CC(C)C)CC2)cc1. The van der Waals surface area contributed by atoms with Gasteiger partial charge in [-0.05, 0) is 54.4 Å². The Balaban J connectivity index is 1.34. The van der Waals surface area contributed by atoms with Crippen molar-refractivity contribution in [3.63, 3.8) is 0 Å². The molecular formula is C33H49N5O3. The molecule has 3 N–H and O–H groups in total. The van der Waals surface area contributed by atoms with Crippen molar-refractivity contribution < 1.29 is 14.4 Å². The van der Waals surface area contributed by atoms with E-state index in [2.05, 4.69) is 84.3 Å². The van der Waals surface area contributed by atoms with E-state index in [1.165, 1.54) is 5.69 Å². The molecule has 1 aliphatic carbocycles. The number of piperazine rings is 1. The lowest BCUT2D eigenvalue weighted by atomic mass is 9.75. The third-order valence-electron chi connectivity index (χ3n) is 8.36. The van der Waals surface area contributed by atoms with Gasteiger partial charge in [-0.15, -0.1) is 0 Å². The van der Waals surface area contributed by atoms with Crippen molar-refractivity contribution in [1.29, 1.82) is 0 Å². The molecule has 0 saturated carbocycles. The first kappa shape index (κ1) is 30.8. The number of nitrogens with zero attached hydrogens (tertiary/aromatic N) is 2. The van der Waals surface area contributed by atoms with Gasteiger partial charge in [0.25, 0.3) is 5.91 Å². The maximum Gasteiger partial charge on any atom is 0.268 e. The summed E-state index contributed by atoms with van der Waals surface area (Å²) in [6.45, 7) is 18.3. The van der Waals surface area contributed by atoms with E-state index in [1.807, 2.05) is 6.92 Å². The van der Waals surface area contributed by atoms with Gasteiger partial charge in [-0.25, -0.2) is 0 Å². The third-order valence-corrected chi connectivity index (χ3v) is 8.36. The molecule has 2 amide bonds. The predicted molar refractivity (Wildman–Crippen MR) is 165 cm³/mol. The van der Waals surface area contributed by atoms with Gasteiger partial charge < -0.3 is 20.5 Å². The lowest BCUT2D eigenvalue weighted by Gasteiger charge is -2.36. The quantitative estimate of drug-likeness (QED) is 0.363. The molecule has 2 aliphatic rings. The molecule has 0 bridgehead atoms. The summed E-state index contributed by atoms with van der Waals surface area (Å²) < 4.78 is 0. The molecule has 224 valence electrons. The second-order valence-electron chi connectivity index (χ2n) is 13.2. The van der Waals surface area contributed by atoms with E-state index in [0.717, 1.165) is 63.2 Å². The Morgan fingerprint density at radius 3 is 2.37 bits per heavy atom. The van der Waals surface area contributed by atoms with Crippen molar-refractivity contribution in [3.05, 3.63) is 52.3 Å². The van der Waals surface area contributed by atoms with Crippen LogP contribution in [0.5, 0.6) is 0 Å². The number of amides is 2. The average molecular weight is 564 g/mol. The highest BCUT2D eigenvalue weighted by atomic mass is 16.2. The van der Waals surface area contributed by atoms with Crippen LogP contribution in [0, 0.1) is 18.3 Å². The molecule has 1 unspecified atom stereocenters. The highest BCUT2D eigenvalue weighted by Gasteiger charge is 2.35. The van der Waals surface area contributed by atoms with E-state index in [4.69, 9.17) is 0 Å². The molecule has 1 saturated heterocycles. The van der Waals surface area contributed by atoms with Gasteiger partial charge in [-0.3, -0.25) is 19.3 Å². The largest absolute Gasteiger partial charge is 0.369 e. The van der Waals surface area contributed by atoms with Crippen LogP contribution in [-0.4, -0.2) is 66.2 Å². The second kappa shape index (κ2) is 13.2. The topological polar surface area (TPSA) is 97.5 Å². The van der Waals surface area contributed by atoms with E-state index < -0.39 is 6.04 Å². The number of hydrogen-bond acceptors (Lipinski definition) is 5. The molecule has 41 heavy (non-hydrogen) atoms. The van der Waals surface area contributed by atoms with Gasteiger partial charge in [-0.2, -0.15) is 0 Å². The Morgan fingerprint density at radius 1 is 1.05 bits per heavy atom. The number of nitrogens with one attached hydrogen (secondary N) is 3. The number of rotatable bonds is 11. The number of carbonyl (C=O) groups is 3. The van der Waals surface area contributed by atoms with Crippen molar-refractivity contribution in [3.8, 4) is 0 Å². The fourth-order valence-corrected chi connectivity index (χ4v) is 6.21. The van der Waals surface area contributed by atoms with E-state index in [-0.39, 0.29) is 23.0 Å². The van der Waals surface area contributed by atoms with Crippen LogP contribution < -0.4 is 15.5 Å². The first-order chi connectivity index (χ1) is 19.5. The van der Waals surface area contributed by atoms with Crippen LogP contribution in [-0.2, 0) is 17.8 Å². The fourth-order valence-electron chi connectivity index (χ4n) is 6.21. The minimum atomic E-state index is -0.643. The first-order valence-electron chi connectivity index (χ1n) is 15.4. The fraction of sp³-hybridized carbons (Fsp3) is 0.606. The van der Waals surface area contributed by atoms with Crippen LogP contribution in [0.15, 0.2) is 24.3 Å². The summed E-state index contributed by atoms with van der Waals surface area (Å²) in [4.78, 5) is 47.5. The Labute approximate surface area is 245 Å². The zero-order valence-corrected chi connectivity index (χ0v) is 25.9. The van der Waals surface area contributed by atoms with Crippen molar-refractivity contribution in [2.24, 2.45) is 11.3 Å². The van der Waals surface area contributed by atoms with Crippen LogP contribution in [0.3, 0.4) is 0 Å². The molecule has 4 rings (SSSR count). The number of aromatic amines is 1. The zero-order valence-electron chi connectivity index (χ0n) is 25.9. The first-order valence-corrected chi connectivity index (χ1v) is 15.4. The third kappa shape index (κ3) is 7.79. The minimum Gasteiger partial charge on any atom is -0.369 e. The number of hydrogen-bond donors (Lipinski definition) is 3. The maximum absolute atomic E-state index is 13.3. The Bertz CT molecular complexity index is 1220. The molecule has 1 aromatic carbocycles. The van der Waals surface area contributed by atoms with Crippen LogP contribution in [0.2, 0.25) is 0 Å². The molecule has 0 radical (unpaired) electrons. The van der Waals surface area contributed by atoms with Crippen molar-refractivity contribution in [2.45, 2.75) is 86.2 Å². The summed E-state index contributed by atoms with van der Waals surface area (Å²) in [5, 5.41) is 5.98. The summed E-state index contributed by atoms with van der Waals surface area (Å²) in [6.07, 6.45) is 3.49. The number of fused-ring (bicyclic) bond motifs is 1. The number of H-pyrrole nitrogens is 1. The number of benzene rings is 1. The van der Waals surface area contributed by atoms with Crippen LogP contribution >= 0.6 is 0 Å². The minimum absolute atomic E-state index is 0.0729. The number of ketones is 1. The van der Waals surface area contributed by atoms with Gasteiger partial charge in [-0.1, -0.05) is 59.6 Å². The summed E-state index contributed by atoms with van der Waals surface area (Å²) in [5.41, 5.74) is 4.62. The van der Waals surface area contributed by atoms with Crippen LogP contribution in [0.4, 0.5) is 5.69 Å². The molecule has 1 atom stereocenters. The van der Waals surface area contributed by atoms with Gasteiger partial charge in [0.1, 0.15) is 11.7 Å². The molecule has 1 aliphatic heterocycles. The number of unbranched alkanes of at least 4 members (excludes halogenated alkanes) is 1. The summed E-state index contributed by atoms with van der Waals surface area (Å²) in [7, 11) is 0. The monoisotopic (exact) mass is 563 g/mol. The van der Waals surface area contributed by atoms with E-state index in [9.17, 15) is 14.4 Å². The van der Waals surface area contributed by atoms with Gasteiger partial charge in [0, 0.05) is 62.6 Å². The second-order valence-corrected chi connectivity index (χ2v) is 13.2. The maximum atomic E-state index is 13.3. The van der Waals surface area contributed by atoms with E-state index in [1.54, 1.807) is 0 Å². The highest BCUT2D eigenvalue weighted by molar-refractivity contribution is 6.05.